The molecule has 0 radical (unpaired) electrons. The van der Waals surface area contributed by atoms with Crippen LogP contribution in [-0.4, -0.2) is 32.1 Å². The van der Waals surface area contributed by atoms with Gasteiger partial charge in [-0.1, -0.05) is 13.8 Å². The first kappa shape index (κ1) is 17.6. The van der Waals surface area contributed by atoms with Crippen LogP contribution in [0, 0.1) is 11.8 Å². The highest BCUT2D eigenvalue weighted by atomic mass is 32.2. The van der Waals surface area contributed by atoms with Crippen molar-refractivity contribution in [2.75, 3.05) is 18.1 Å². The van der Waals surface area contributed by atoms with Gasteiger partial charge in [0.05, 0.1) is 11.9 Å². The van der Waals surface area contributed by atoms with E-state index in [1.165, 1.54) is 18.3 Å². The fourth-order valence-corrected chi connectivity index (χ4v) is 2.64. The molecule has 1 unspecified atom stereocenters. The average molecular weight is 313 g/mol. The molecule has 7 heteroatoms. The number of amides is 1. The number of carbonyl (C=O) groups is 1. The molecule has 1 rings (SSSR count). The van der Waals surface area contributed by atoms with Crippen molar-refractivity contribution in [1.29, 1.82) is 0 Å². The fourth-order valence-electron chi connectivity index (χ4n) is 2.08. The van der Waals surface area contributed by atoms with Crippen LogP contribution in [0.5, 0.6) is 0 Å². The normalized spacial score (nSPS) is 13.2. The highest BCUT2D eigenvalue weighted by Gasteiger charge is 2.15. The Labute approximate surface area is 126 Å². The van der Waals surface area contributed by atoms with Crippen molar-refractivity contribution in [1.82, 2.24) is 4.98 Å². The van der Waals surface area contributed by atoms with Gasteiger partial charge in [0.1, 0.15) is 0 Å². The molecule has 0 bridgehead atoms. The Kier molecular flexibility index (Phi) is 6.29. The average Bonchev–Trinajstić information content (AvgIpc) is 2.36. The minimum atomic E-state index is -3.32. The molecule has 0 aromatic carbocycles. The molecule has 0 aliphatic carbocycles. The van der Waals surface area contributed by atoms with Crippen molar-refractivity contribution in [3.8, 4) is 0 Å². The Hall–Kier alpha value is -1.47. The second-order valence-corrected chi connectivity index (χ2v) is 7.60. The standard InChI is InChI=1S/C14H23N3O3S/c1-10(2)6-11(8-15)7-13(18)17-12-4-5-14(16-9-12)21(3,19)20/h4-5,9-11H,6-8,15H2,1-3H3,(H,17,18). The van der Waals surface area contributed by atoms with Crippen LogP contribution in [0.15, 0.2) is 23.4 Å². The number of anilines is 1. The third-order valence-corrected chi connectivity index (χ3v) is 4.01. The smallest absolute Gasteiger partial charge is 0.224 e. The molecule has 0 saturated carbocycles. The molecule has 0 fully saturated rings. The second kappa shape index (κ2) is 7.51. The van der Waals surface area contributed by atoms with Crippen LogP contribution >= 0.6 is 0 Å². The van der Waals surface area contributed by atoms with Gasteiger partial charge in [0.25, 0.3) is 0 Å². The van der Waals surface area contributed by atoms with Crippen molar-refractivity contribution in [2.45, 2.75) is 31.7 Å². The van der Waals surface area contributed by atoms with Gasteiger partial charge >= 0.3 is 0 Å². The number of carbonyl (C=O) groups excluding carboxylic acids is 1. The van der Waals surface area contributed by atoms with E-state index in [1.54, 1.807) is 0 Å². The summed E-state index contributed by atoms with van der Waals surface area (Å²) in [6.07, 6.45) is 3.68. The molecule has 21 heavy (non-hydrogen) atoms. The summed E-state index contributed by atoms with van der Waals surface area (Å²) in [7, 11) is -3.32. The van der Waals surface area contributed by atoms with Gasteiger partial charge in [-0.25, -0.2) is 13.4 Å². The van der Waals surface area contributed by atoms with Crippen LogP contribution in [0.4, 0.5) is 5.69 Å². The van der Waals surface area contributed by atoms with Crippen molar-refractivity contribution < 1.29 is 13.2 Å². The van der Waals surface area contributed by atoms with E-state index in [9.17, 15) is 13.2 Å². The lowest BCUT2D eigenvalue weighted by Gasteiger charge is -2.16. The third-order valence-electron chi connectivity index (χ3n) is 3.01. The summed E-state index contributed by atoms with van der Waals surface area (Å²) in [6.45, 7) is 4.65. The van der Waals surface area contributed by atoms with Gasteiger partial charge in [-0.3, -0.25) is 4.79 Å². The summed E-state index contributed by atoms with van der Waals surface area (Å²) in [5, 5.41) is 2.69. The molecule has 1 aromatic heterocycles. The predicted molar refractivity (Wildman–Crippen MR) is 82.6 cm³/mol. The van der Waals surface area contributed by atoms with E-state index in [0.717, 1.165) is 12.7 Å². The molecular formula is C14H23N3O3S. The minimum Gasteiger partial charge on any atom is -0.330 e. The van der Waals surface area contributed by atoms with E-state index in [1.807, 2.05) is 0 Å². The molecule has 6 nitrogen and oxygen atoms in total. The van der Waals surface area contributed by atoms with Gasteiger partial charge in [0.2, 0.25) is 5.91 Å². The Bertz CT molecular complexity index is 568. The zero-order valence-corrected chi connectivity index (χ0v) is 13.5. The highest BCUT2D eigenvalue weighted by molar-refractivity contribution is 7.90. The molecule has 1 atom stereocenters. The van der Waals surface area contributed by atoms with Gasteiger partial charge < -0.3 is 11.1 Å². The van der Waals surface area contributed by atoms with E-state index < -0.39 is 9.84 Å². The molecule has 0 spiro atoms. The zero-order valence-electron chi connectivity index (χ0n) is 12.7. The van der Waals surface area contributed by atoms with Gasteiger partial charge in [-0.2, -0.15) is 0 Å². The Morgan fingerprint density at radius 3 is 2.48 bits per heavy atom. The number of sulfone groups is 1. The minimum absolute atomic E-state index is 0.0138. The van der Waals surface area contributed by atoms with E-state index in [2.05, 4.69) is 24.1 Å². The molecule has 0 aliphatic heterocycles. The lowest BCUT2D eigenvalue weighted by atomic mass is 9.94. The third kappa shape index (κ3) is 6.22. The monoisotopic (exact) mass is 313 g/mol. The predicted octanol–water partition coefficient (Wildman–Crippen LogP) is 1.43. The quantitative estimate of drug-likeness (QED) is 0.793. The summed E-state index contributed by atoms with van der Waals surface area (Å²) in [5.74, 6) is 0.496. The Morgan fingerprint density at radius 2 is 2.05 bits per heavy atom. The first-order chi connectivity index (χ1) is 9.72. The Morgan fingerprint density at radius 1 is 1.38 bits per heavy atom. The molecule has 118 valence electrons. The van der Waals surface area contributed by atoms with Crippen molar-refractivity contribution in [3.63, 3.8) is 0 Å². The van der Waals surface area contributed by atoms with Crippen LogP contribution in [0.3, 0.4) is 0 Å². The number of hydrogen-bond donors (Lipinski definition) is 2. The topological polar surface area (TPSA) is 102 Å². The van der Waals surface area contributed by atoms with Gasteiger partial charge in [-0.05, 0) is 36.9 Å². The number of aromatic nitrogens is 1. The molecule has 1 aromatic rings. The summed E-state index contributed by atoms with van der Waals surface area (Å²) in [4.78, 5) is 15.8. The number of rotatable bonds is 7. The van der Waals surface area contributed by atoms with Crippen molar-refractivity contribution >= 4 is 21.4 Å². The van der Waals surface area contributed by atoms with E-state index in [4.69, 9.17) is 5.73 Å². The largest absolute Gasteiger partial charge is 0.330 e. The van der Waals surface area contributed by atoms with Crippen LogP contribution in [0.2, 0.25) is 0 Å². The summed E-state index contributed by atoms with van der Waals surface area (Å²) in [5.41, 5.74) is 6.15. The van der Waals surface area contributed by atoms with E-state index in [0.29, 0.717) is 24.6 Å². The number of pyridine rings is 1. The molecular weight excluding hydrogens is 290 g/mol. The molecule has 0 aliphatic rings. The number of nitrogens with one attached hydrogen (secondary N) is 1. The first-order valence-corrected chi connectivity index (χ1v) is 8.77. The van der Waals surface area contributed by atoms with E-state index in [-0.39, 0.29) is 16.9 Å². The SMILES string of the molecule is CC(C)CC(CN)CC(=O)Nc1ccc(S(C)(=O)=O)nc1. The highest BCUT2D eigenvalue weighted by Crippen LogP contribution is 2.16. The van der Waals surface area contributed by atoms with Crippen LogP contribution < -0.4 is 11.1 Å². The second-order valence-electron chi connectivity index (χ2n) is 5.64. The maximum Gasteiger partial charge on any atom is 0.224 e. The molecule has 1 amide bonds. The zero-order chi connectivity index (χ0) is 16.0. The van der Waals surface area contributed by atoms with Crippen molar-refractivity contribution in [3.05, 3.63) is 18.3 Å². The Balaban J connectivity index is 2.62. The van der Waals surface area contributed by atoms with Crippen molar-refractivity contribution in [2.24, 2.45) is 17.6 Å². The fraction of sp³-hybridized carbons (Fsp3) is 0.571. The van der Waals surface area contributed by atoms with E-state index >= 15 is 0 Å². The van der Waals surface area contributed by atoms with Crippen LogP contribution in [0.1, 0.15) is 26.7 Å². The first-order valence-electron chi connectivity index (χ1n) is 6.88. The molecule has 1 heterocycles. The molecule has 0 saturated heterocycles. The van der Waals surface area contributed by atoms with Crippen LogP contribution in [0.25, 0.3) is 0 Å². The maximum atomic E-state index is 11.9. The molecule has 3 N–H and O–H groups in total. The maximum absolute atomic E-state index is 11.9. The lowest BCUT2D eigenvalue weighted by molar-refractivity contribution is -0.117. The number of hydrogen-bond acceptors (Lipinski definition) is 5. The van der Waals surface area contributed by atoms with Gasteiger partial charge in [0, 0.05) is 12.7 Å². The summed E-state index contributed by atoms with van der Waals surface area (Å²) < 4.78 is 22.6. The van der Waals surface area contributed by atoms with Gasteiger partial charge in [-0.15, -0.1) is 0 Å². The lowest BCUT2D eigenvalue weighted by Crippen LogP contribution is -2.23. The summed E-state index contributed by atoms with van der Waals surface area (Å²) in [6, 6.07) is 2.90. The summed E-state index contributed by atoms with van der Waals surface area (Å²) >= 11 is 0. The number of nitrogens with two attached hydrogens (primary N) is 1. The van der Waals surface area contributed by atoms with Crippen LogP contribution in [-0.2, 0) is 14.6 Å². The van der Waals surface area contributed by atoms with Gasteiger partial charge in [0.15, 0.2) is 14.9 Å². The number of nitrogens with zero attached hydrogens (tertiary/aromatic N) is 1.